The Balaban J connectivity index is 0.00000684. The number of hydrogen-bond acceptors (Lipinski definition) is 12. The third-order valence-corrected chi connectivity index (χ3v) is 6.40. The molecule has 15 heteroatoms. The summed E-state index contributed by atoms with van der Waals surface area (Å²) in [6, 6.07) is 0. The Hall–Kier alpha value is -0.837. The molecule has 6 N–H and O–H groups in total. The molecule has 14 nitrogen and oxygen atoms in total. The van der Waals surface area contributed by atoms with Crippen LogP contribution in [0.3, 0.4) is 0 Å². The van der Waals surface area contributed by atoms with Crippen molar-refractivity contribution in [1.82, 2.24) is 0 Å². The number of aliphatic carboxylic acids is 2. The van der Waals surface area contributed by atoms with E-state index in [9.17, 15) is 30.0 Å². The van der Waals surface area contributed by atoms with E-state index in [1.165, 1.54) is 7.11 Å². The van der Waals surface area contributed by atoms with E-state index in [1.54, 1.807) is 6.92 Å². The van der Waals surface area contributed by atoms with Crippen molar-refractivity contribution in [1.29, 1.82) is 0 Å². The van der Waals surface area contributed by atoms with Gasteiger partial charge in [-0.2, -0.15) is 0 Å². The van der Waals surface area contributed by atoms with Gasteiger partial charge in [0.1, 0.15) is 37.6 Å². The number of carbonyl (C=O) groups is 2. The first-order valence-electron chi connectivity index (χ1n) is 11.8. The van der Waals surface area contributed by atoms with E-state index in [2.05, 4.69) is 0 Å². The van der Waals surface area contributed by atoms with E-state index in [1.807, 2.05) is 0 Å². The smallest absolute Gasteiger partial charge is 0.329 e. The average Bonchev–Trinajstić information content (AvgIpc) is 2.81. The largest absolute Gasteiger partial charge is 0.480 e. The monoisotopic (exact) mass is 590 g/mol. The van der Waals surface area contributed by atoms with Crippen LogP contribution in [0.5, 0.6) is 0 Å². The quantitative estimate of drug-likeness (QED) is 0.108. The number of ether oxygens (including phenoxy) is 6. The minimum absolute atomic E-state index is 0. The number of carboxylic acids is 2. The van der Waals surface area contributed by atoms with E-state index in [4.69, 9.17) is 38.6 Å². The predicted octanol–water partition coefficient (Wildman–Crippen LogP) is -2.53. The molecule has 0 aliphatic carbocycles. The molecule has 37 heavy (non-hydrogen) atoms. The Morgan fingerprint density at radius 3 is 1.54 bits per heavy atom. The van der Waals surface area contributed by atoms with Crippen molar-refractivity contribution in [2.45, 2.75) is 62.2 Å². The number of hydrogen-bond donors (Lipinski definition) is 6. The minimum atomic E-state index is -1.30. The standard InChI is InChI=1S/C22H38O14.Zn/c1-3-11-13(6-33-9-17(23)24)35-16(22(30)19(11)27)8-32-4-12-14(7-34-10-18(25)26)36-15(5-31-2)21(29)20(12)28;/h11-16,19-22,27-30H,3-10H2,1-2H3,(H,23,24)(H,25,26);. The van der Waals surface area contributed by atoms with Crippen LogP contribution >= 0.6 is 0 Å². The molecular weight excluding hydrogens is 554 g/mol. The second-order valence-electron chi connectivity index (χ2n) is 8.93. The van der Waals surface area contributed by atoms with Gasteiger partial charge in [0.15, 0.2) is 0 Å². The van der Waals surface area contributed by atoms with Crippen LogP contribution in [0.15, 0.2) is 0 Å². The number of aliphatic hydroxyl groups excluding tert-OH is 4. The fourth-order valence-electron chi connectivity index (χ4n) is 4.52. The van der Waals surface area contributed by atoms with Crippen LogP contribution in [-0.2, 0) is 57.5 Å². The Kier molecular flexibility index (Phi) is 15.7. The third kappa shape index (κ3) is 10.0. The van der Waals surface area contributed by atoms with Crippen LogP contribution in [0, 0.1) is 11.8 Å². The maximum absolute atomic E-state index is 10.8. The van der Waals surface area contributed by atoms with Crippen molar-refractivity contribution in [3.8, 4) is 0 Å². The third-order valence-electron chi connectivity index (χ3n) is 6.40. The molecule has 2 aliphatic rings. The van der Waals surface area contributed by atoms with Gasteiger partial charge in [0, 0.05) is 38.4 Å². The van der Waals surface area contributed by atoms with Gasteiger partial charge in [-0.05, 0) is 6.42 Å². The fourth-order valence-corrected chi connectivity index (χ4v) is 4.52. The molecule has 2 rings (SSSR count). The molecule has 2 heterocycles. The Labute approximate surface area is 227 Å². The second-order valence-corrected chi connectivity index (χ2v) is 8.93. The van der Waals surface area contributed by atoms with Gasteiger partial charge in [-0.1, -0.05) is 6.92 Å². The van der Waals surface area contributed by atoms with Gasteiger partial charge in [-0.25, -0.2) is 9.59 Å². The summed E-state index contributed by atoms with van der Waals surface area (Å²) in [7, 11) is 1.40. The molecular formula is C22H38O14Zn. The summed E-state index contributed by atoms with van der Waals surface area (Å²) in [5, 5.41) is 59.7. The molecule has 0 amide bonds. The number of rotatable bonds is 15. The number of methoxy groups -OCH3 is 1. The second kappa shape index (κ2) is 17.0. The zero-order valence-electron chi connectivity index (χ0n) is 21.1. The van der Waals surface area contributed by atoms with Crippen molar-refractivity contribution < 1.29 is 88.1 Å². The molecule has 0 aromatic rings. The van der Waals surface area contributed by atoms with Gasteiger partial charge in [0.25, 0.3) is 0 Å². The molecule has 0 aromatic carbocycles. The van der Waals surface area contributed by atoms with Crippen molar-refractivity contribution >= 4 is 11.9 Å². The summed E-state index contributed by atoms with van der Waals surface area (Å²) in [5.41, 5.74) is 0. The molecule has 0 bridgehead atoms. The summed E-state index contributed by atoms with van der Waals surface area (Å²) in [6.45, 7) is 0.0174. The van der Waals surface area contributed by atoms with Crippen molar-refractivity contribution in [2.24, 2.45) is 11.8 Å². The van der Waals surface area contributed by atoms with E-state index in [0.717, 1.165) is 0 Å². The Bertz CT molecular complexity index is 684. The summed E-state index contributed by atoms with van der Waals surface area (Å²) in [5.74, 6) is -3.63. The van der Waals surface area contributed by atoms with Gasteiger partial charge < -0.3 is 59.1 Å². The van der Waals surface area contributed by atoms with Crippen molar-refractivity contribution in [2.75, 3.05) is 53.4 Å². The Morgan fingerprint density at radius 1 is 0.649 bits per heavy atom. The molecule has 2 aliphatic heterocycles. The normalized spacial score (nSPS) is 36.1. The zero-order chi connectivity index (χ0) is 26.8. The van der Waals surface area contributed by atoms with Gasteiger partial charge in [-0.15, -0.1) is 0 Å². The Morgan fingerprint density at radius 2 is 1.08 bits per heavy atom. The maximum Gasteiger partial charge on any atom is 0.329 e. The topological polar surface area (TPSA) is 211 Å². The first kappa shape index (κ1) is 34.2. The van der Waals surface area contributed by atoms with E-state index < -0.39 is 85.8 Å². The summed E-state index contributed by atoms with van der Waals surface area (Å²) < 4.78 is 32.6. The van der Waals surface area contributed by atoms with E-state index >= 15 is 0 Å². The van der Waals surface area contributed by atoms with Gasteiger partial charge in [-0.3, -0.25) is 0 Å². The van der Waals surface area contributed by atoms with Crippen LogP contribution in [0.4, 0.5) is 0 Å². The summed E-state index contributed by atoms with van der Waals surface area (Å²) >= 11 is 0. The van der Waals surface area contributed by atoms with Crippen LogP contribution < -0.4 is 0 Å². The van der Waals surface area contributed by atoms with Crippen LogP contribution in [-0.4, -0.2) is 145 Å². The molecule has 0 spiro atoms. The molecule has 0 aromatic heterocycles. The van der Waals surface area contributed by atoms with Gasteiger partial charge in [0.2, 0.25) is 0 Å². The van der Waals surface area contributed by atoms with Crippen molar-refractivity contribution in [3.63, 3.8) is 0 Å². The van der Waals surface area contributed by atoms with Crippen LogP contribution in [0.25, 0.3) is 0 Å². The maximum atomic E-state index is 10.8. The summed E-state index contributed by atoms with van der Waals surface area (Å²) in [6.07, 6.45) is -7.94. The molecule has 0 radical (unpaired) electrons. The minimum Gasteiger partial charge on any atom is -0.480 e. The van der Waals surface area contributed by atoms with Crippen LogP contribution in [0.2, 0.25) is 0 Å². The van der Waals surface area contributed by atoms with E-state index in [0.29, 0.717) is 6.42 Å². The fraction of sp³-hybridized carbons (Fsp3) is 0.909. The molecule has 10 atom stereocenters. The number of carboxylic acid groups (broad SMARTS) is 2. The SMILES string of the molecule is CCC1C(COCC(=O)O)OC(COCC2C(COCC(=O)O)OC(COC)C(O)C2O)C(O)C1O.[Zn]. The van der Waals surface area contributed by atoms with Crippen molar-refractivity contribution in [3.05, 3.63) is 0 Å². The average molecular weight is 592 g/mol. The molecule has 212 valence electrons. The zero-order valence-corrected chi connectivity index (χ0v) is 24.1. The van der Waals surface area contributed by atoms with E-state index in [-0.39, 0.29) is 52.5 Å². The predicted molar refractivity (Wildman–Crippen MR) is 118 cm³/mol. The first-order chi connectivity index (χ1) is 17.1. The number of aliphatic hydroxyl groups is 4. The first-order valence-corrected chi connectivity index (χ1v) is 11.8. The molecule has 10 unspecified atom stereocenters. The molecule has 0 saturated carbocycles. The molecule has 2 fully saturated rings. The molecule has 2 saturated heterocycles. The van der Waals surface area contributed by atoms with Crippen LogP contribution in [0.1, 0.15) is 13.3 Å². The summed E-state index contributed by atoms with van der Waals surface area (Å²) in [4.78, 5) is 21.5. The van der Waals surface area contributed by atoms with Gasteiger partial charge in [0.05, 0.1) is 57.5 Å². The van der Waals surface area contributed by atoms with Gasteiger partial charge >= 0.3 is 11.9 Å².